The largest absolute Gasteiger partial charge is 0.399 e. The summed E-state index contributed by atoms with van der Waals surface area (Å²) in [7, 11) is 0. The second kappa shape index (κ2) is 4.52. The van der Waals surface area contributed by atoms with Crippen LogP contribution in [0.3, 0.4) is 0 Å². The van der Waals surface area contributed by atoms with Crippen molar-refractivity contribution in [2.75, 3.05) is 5.73 Å². The molecule has 0 bridgehead atoms. The number of nitrogens with two attached hydrogens (primary N) is 1. The van der Waals surface area contributed by atoms with Gasteiger partial charge in [-0.3, -0.25) is 0 Å². The Bertz CT molecular complexity index is 702. The standard InChI is InChI=1S/C12H12N6O/c1-8-11(17-19-16-8)6-18-7-14-12(15-18)9-3-2-4-10(13)5-9/h2-5,7H,6,13H2,1H3. The number of benzene rings is 1. The van der Waals surface area contributed by atoms with Crippen molar-refractivity contribution in [3.05, 3.63) is 42.0 Å². The number of nitrogen functional groups attached to an aromatic ring is 1. The van der Waals surface area contributed by atoms with E-state index in [2.05, 4.69) is 25.0 Å². The van der Waals surface area contributed by atoms with E-state index in [4.69, 9.17) is 5.73 Å². The van der Waals surface area contributed by atoms with E-state index in [9.17, 15) is 0 Å². The zero-order chi connectivity index (χ0) is 13.2. The van der Waals surface area contributed by atoms with Gasteiger partial charge in [0.1, 0.15) is 17.7 Å². The van der Waals surface area contributed by atoms with Gasteiger partial charge in [0.05, 0.1) is 6.54 Å². The van der Waals surface area contributed by atoms with Crippen molar-refractivity contribution in [1.29, 1.82) is 0 Å². The molecule has 3 aromatic rings. The normalized spacial score (nSPS) is 10.8. The van der Waals surface area contributed by atoms with Gasteiger partial charge in [-0.05, 0) is 19.1 Å². The molecule has 2 aromatic heterocycles. The maximum absolute atomic E-state index is 5.74. The number of aryl methyl sites for hydroxylation is 1. The number of hydrogen-bond acceptors (Lipinski definition) is 6. The van der Waals surface area contributed by atoms with Crippen LogP contribution in [-0.4, -0.2) is 25.1 Å². The molecule has 96 valence electrons. The highest BCUT2D eigenvalue weighted by Gasteiger charge is 2.09. The number of anilines is 1. The molecule has 2 N–H and O–H groups in total. The Hall–Kier alpha value is -2.70. The summed E-state index contributed by atoms with van der Waals surface area (Å²) < 4.78 is 6.33. The van der Waals surface area contributed by atoms with Gasteiger partial charge in [0.25, 0.3) is 0 Å². The third-order valence-corrected chi connectivity index (χ3v) is 2.74. The number of hydrogen-bond donors (Lipinski definition) is 1. The average molecular weight is 256 g/mol. The number of nitrogens with zero attached hydrogens (tertiary/aromatic N) is 5. The molecule has 7 nitrogen and oxygen atoms in total. The van der Waals surface area contributed by atoms with E-state index in [1.54, 1.807) is 11.0 Å². The molecule has 0 fully saturated rings. The van der Waals surface area contributed by atoms with E-state index in [0.29, 0.717) is 18.1 Å². The van der Waals surface area contributed by atoms with Gasteiger partial charge in [-0.2, -0.15) is 5.10 Å². The molecule has 0 radical (unpaired) electrons. The summed E-state index contributed by atoms with van der Waals surface area (Å²) in [5.74, 6) is 0.626. The van der Waals surface area contributed by atoms with E-state index in [1.807, 2.05) is 31.2 Å². The molecule has 2 heterocycles. The highest BCUT2D eigenvalue weighted by molar-refractivity contribution is 5.60. The van der Waals surface area contributed by atoms with Gasteiger partial charge < -0.3 is 5.73 Å². The third kappa shape index (κ3) is 2.30. The summed E-state index contributed by atoms with van der Waals surface area (Å²) in [5, 5.41) is 11.9. The van der Waals surface area contributed by atoms with Crippen molar-refractivity contribution >= 4 is 5.69 Å². The Morgan fingerprint density at radius 3 is 2.95 bits per heavy atom. The van der Waals surface area contributed by atoms with Gasteiger partial charge in [-0.25, -0.2) is 14.3 Å². The predicted octanol–water partition coefficient (Wildman–Crippen LogP) is 1.27. The molecule has 0 aliphatic heterocycles. The van der Waals surface area contributed by atoms with E-state index < -0.39 is 0 Å². The number of aromatic nitrogens is 5. The lowest BCUT2D eigenvalue weighted by atomic mass is 10.2. The van der Waals surface area contributed by atoms with Crippen LogP contribution in [0.15, 0.2) is 35.2 Å². The molecular formula is C12H12N6O. The summed E-state index contributed by atoms with van der Waals surface area (Å²) in [6.07, 6.45) is 1.65. The summed E-state index contributed by atoms with van der Waals surface area (Å²) in [6.45, 7) is 2.31. The van der Waals surface area contributed by atoms with Gasteiger partial charge in [-0.15, -0.1) is 0 Å². The van der Waals surface area contributed by atoms with Crippen molar-refractivity contribution in [2.24, 2.45) is 0 Å². The van der Waals surface area contributed by atoms with Crippen molar-refractivity contribution < 1.29 is 4.63 Å². The lowest BCUT2D eigenvalue weighted by Crippen LogP contribution is -2.02. The highest BCUT2D eigenvalue weighted by Crippen LogP contribution is 2.17. The van der Waals surface area contributed by atoms with E-state index >= 15 is 0 Å². The average Bonchev–Trinajstić information content (AvgIpc) is 3.00. The van der Waals surface area contributed by atoms with Crippen LogP contribution in [0, 0.1) is 6.92 Å². The second-order valence-corrected chi connectivity index (χ2v) is 4.19. The lowest BCUT2D eigenvalue weighted by Gasteiger charge is -1.98. The second-order valence-electron chi connectivity index (χ2n) is 4.19. The molecule has 3 rings (SSSR count). The molecule has 1 aromatic carbocycles. The van der Waals surface area contributed by atoms with Crippen LogP contribution in [0.25, 0.3) is 11.4 Å². The van der Waals surface area contributed by atoms with Crippen LogP contribution >= 0.6 is 0 Å². The first-order valence-electron chi connectivity index (χ1n) is 5.76. The lowest BCUT2D eigenvalue weighted by molar-refractivity contribution is 0.300. The SMILES string of the molecule is Cc1nonc1Cn1cnc(-c2cccc(N)c2)n1. The highest BCUT2D eigenvalue weighted by atomic mass is 16.6. The molecule has 0 spiro atoms. The van der Waals surface area contributed by atoms with Gasteiger partial charge in [-0.1, -0.05) is 22.4 Å². The van der Waals surface area contributed by atoms with Gasteiger partial charge in [0, 0.05) is 11.3 Å². The Morgan fingerprint density at radius 2 is 2.21 bits per heavy atom. The van der Waals surface area contributed by atoms with Crippen molar-refractivity contribution in [1.82, 2.24) is 25.1 Å². The van der Waals surface area contributed by atoms with Gasteiger partial charge in [0.15, 0.2) is 5.82 Å². The van der Waals surface area contributed by atoms with E-state index in [-0.39, 0.29) is 0 Å². The first-order valence-corrected chi connectivity index (χ1v) is 5.76. The van der Waals surface area contributed by atoms with Gasteiger partial charge in [0.2, 0.25) is 0 Å². The van der Waals surface area contributed by atoms with Crippen LogP contribution in [0.4, 0.5) is 5.69 Å². The quantitative estimate of drug-likeness (QED) is 0.709. The Kier molecular flexibility index (Phi) is 2.71. The monoisotopic (exact) mass is 256 g/mol. The van der Waals surface area contributed by atoms with E-state index in [1.165, 1.54) is 0 Å². The van der Waals surface area contributed by atoms with Crippen LogP contribution in [0.1, 0.15) is 11.4 Å². The van der Waals surface area contributed by atoms with E-state index in [0.717, 1.165) is 17.0 Å². The molecular weight excluding hydrogens is 244 g/mol. The maximum atomic E-state index is 5.74. The summed E-state index contributed by atoms with van der Waals surface area (Å²) in [5.41, 5.74) is 8.80. The molecule has 0 aliphatic carbocycles. The fourth-order valence-corrected chi connectivity index (χ4v) is 1.73. The first-order chi connectivity index (χ1) is 9.22. The van der Waals surface area contributed by atoms with Crippen LogP contribution in [0.2, 0.25) is 0 Å². The van der Waals surface area contributed by atoms with Crippen LogP contribution in [0.5, 0.6) is 0 Å². The van der Waals surface area contributed by atoms with Crippen LogP contribution in [-0.2, 0) is 6.54 Å². The zero-order valence-electron chi connectivity index (χ0n) is 10.3. The Morgan fingerprint density at radius 1 is 1.32 bits per heavy atom. The smallest absolute Gasteiger partial charge is 0.181 e. The van der Waals surface area contributed by atoms with Crippen molar-refractivity contribution in [3.63, 3.8) is 0 Å². The van der Waals surface area contributed by atoms with Crippen LogP contribution < -0.4 is 5.73 Å². The molecule has 19 heavy (non-hydrogen) atoms. The summed E-state index contributed by atoms with van der Waals surface area (Å²) in [6, 6.07) is 7.45. The molecule has 0 unspecified atom stereocenters. The minimum Gasteiger partial charge on any atom is -0.399 e. The summed E-state index contributed by atoms with van der Waals surface area (Å²) >= 11 is 0. The topological polar surface area (TPSA) is 95.7 Å². The molecule has 0 saturated carbocycles. The Labute approximate surface area is 109 Å². The minimum absolute atomic E-state index is 0.477. The van der Waals surface area contributed by atoms with Crippen molar-refractivity contribution in [2.45, 2.75) is 13.5 Å². The Balaban J connectivity index is 1.86. The first kappa shape index (κ1) is 11.4. The molecule has 0 atom stereocenters. The molecule has 7 heteroatoms. The minimum atomic E-state index is 0.477. The maximum Gasteiger partial charge on any atom is 0.181 e. The summed E-state index contributed by atoms with van der Waals surface area (Å²) in [4.78, 5) is 4.26. The van der Waals surface area contributed by atoms with Crippen molar-refractivity contribution in [3.8, 4) is 11.4 Å². The predicted molar refractivity (Wildman–Crippen MR) is 68.0 cm³/mol. The fraction of sp³-hybridized carbons (Fsp3) is 0.167. The number of rotatable bonds is 3. The third-order valence-electron chi connectivity index (χ3n) is 2.74. The van der Waals surface area contributed by atoms with Gasteiger partial charge >= 0.3 is 0 Å². The molecule has 0 amide bonds. The molecule has 0 saturated heterocycles. The molecule has 0 aliphatic rings. The zero-order valence-corrected chi connectivity index (χ0v) is 10.3. The fourth-order valence-electron chi connectivity index (χ4n) is 1.73.